The van der Waals surface area contributed by atoms with Crippen molar-refractivity contribution in [2.45, 2.75) is 44.8 Å². The lowest BCUT2D eigenvalue weighted by Crippen LogP contribution is -2.40. The zero-order chi connectivity index (χ0) is 28.3. The second-order valence-electron chi connectivity index (χ2n) is 10.6. The van der Waals surface area contributed by atoms with Crippen LogP contribution < -0.4 is 15.6 Å². The quantitative estimate of drug-likeness (QED) is 0.366. The minimum absolute atomic E-state index is 0.0269. The zero-order valence-corrected chi connectivity index (χ0v) is 23.5. The first-order chi connectivity index (χ1) is 20.0. The number of hydrogen-bond acceptors (Lipinski definition) is 8. The van der Waals surface area contributed by atoms with E-state index in [9.17, 15) is 9.59 Å². The third kappa shape index (κ3) is 5.67. The van der Waals surface area contributed by atoms with Crippen LogP contribution in [0.5, 0.6) is 5.88 Å². The highest BCUT2D eigenvalue weighted by atomic mass is 16.5. The lowest BCUT2D eigenvalue weighted by Gasteiger charge is -2.29. The molecule has 0 unspecified atom stereocenters. The molecular weight excluding hydrogens is 522 g/mol. The number of anilines is 1. The van der Waals surface area contributed by atoms with Crippen LogP contribution in [0.3, 0.4) is 0 Å². The highest BCUT2D eigenvalue weighted by Gasteiger charge is 2.27. The van der Waals surface area contributed by atoms with Crippen molar-refractivity contribution >= 4 is 22.6 Å². The van der Waals surface area contributed by atoms with Crippen LogP contribution >= 0.6 is 0 Å². The first kappa shape index (κ1) is 26.9. The minimum atomic E-state index is -0.160. The average Bonchev–Trinajstić information content (AvgIpc) is 3.38. The highest BCUT2D eigenvalue weighted by Crippen LogP contribution is 2.36. The molecule has 4 heterocycles. The Balaban J connectivity index is 1.24. The van der Waals surface area contributed by atoms with Crippen molar-refractivity contribution in [1.29, 1.82) is 0 Å². The Labute approximate surface area is 238 Å². The average molecular weight is 558 g/mol. The van der Waals surface area contributed by atoms with Gasteiger partial charge in [-0.2, -0.15) is 5.10 Å². The SMILES string of the molecule is CCNc1cc2c(cn1)c(-c1ccc(C(=O)N3CCOCC3)cc1)nn2[C@H]1CC[C@@H](Oc2ccc(=O)n(C)n2)CC1. The topological polar surface area (TPSA) is 116 Å². The largest absolute Gasteiger partial charge is 0.473 e. The second-order valence-corrected chi connectivity index (χ2v) is 10.6. The number of fused-ring (bicyclic) bond motifs is 1. The minimum Gasteiger partial charge on any atom is -0.473 e. The molecule has 0 radical (unpaired) electrons. The summed E-state index contributed by atoms with van der Waals surface area (Å²) in [7, 11) is 1.62. The van der Waals surface area contributed by atoms with Gasteiger partial charge >= 0.3 is 0 Å². The van der Waals surface area contributed by atoms with Crippen molar-refractivity contribution in [3.8, 4) is 17.1 Å². The number of carbonyl (C=O) groups excluding carboxylic acids is 1. The van der Waals surface area contributed by atoms with Crippen molar-refractivity contribution in [1.82, 2.24) is 29.4 Å². The number of morpholine rings is 1. The molecule has 0 spiro atoms. The molecule has 1 saturated carbocycles. The molecule has 1 aliphatic carbocycles. The number of nitrogens with zero attached hydrogens (tertiary/aromatic N) is 6. The molecule has 214 valence electrons. The summed E-state index contributed by atoms with van der Waals surface area (Å²) in [6.45, 7) is 5.21. The summed E-state index contributed by atoms with van der Waals surface area (Å²) in [4.78, 5) is 31.1. The fourth-order valence-corrected chi connectivity index (χ4v) is 5.64. The highest BCUT2D eigenvalue weighted by molar-refractivity contribution is 5.97. The number of carbonyl (C=O) groups is 1. The van der Waals surface area contributed by atoms with Crippen molar-refractivity contribution in [2.75, 3.05) is 38.2 Å². The predicted molar refractivity (Wildman–Crippen MR) is 155 cm³/mol. The lowest BCUT2D eigenvalue weighted by atomic mass is 9.93. The Bertz CT molecular complexity index is 1580. The number of aryl methyl sites for hydroxylation is 1. The van der Waals surface area contributed by atoms with Crippen LogP contribution in [0.25, 0.3) is 22.2 Å². The van der Waals surface area contributed by atoms with E-state index in [1.54, 1.807) is 13.1 Å². The summed E-state index contributed by atoms with van der Waals surface area (Å²) in [5.74, 6) is 1.32. The summed E-state index contributed by atoms with van der Waals surface area (Å²) in [6.07, 6.45) is 5.44. The van der Waals surface area contributed by atoms with Crippen molar-refractivity contribution < 1.29 is 14.3 Å². The van der Waals surface area contributed by atoms with Crippen LogP contribution in [0, 0.1) is 0 Å². The van der Waals surface area contributed by atoms with Gasteiger partial charge in [-0.05, 0) is 44.7 Å². The first-order valence-corrected chi connectivity index (χ1v) is 14.3. The molecule has 0 bridgehead atoms. The molecule has 1 aromatic carbocycles. The van der Waals surface area contributed by atoms with Crippen LogP contribution in [0.15, 0.2) is 53.5 Å². The molecule has 2 fully saturated rings. The summed E-state index contributed by atoms with van der Waals surface area (Å²) >= 11 is 0. The van der Waals surface area contributed by atoms with Crippen LogP contribution in [-0.2, 0) is 11.8 Å². The molecule has 3 aromatic heterocycles. The van der Waals surface area contributed by atoms with Gasteiger partial charge in [-0.1, -0.05) is 12.1 Å². The second kappa shape index (κ2) is 11.7. The van der Waals surface area contributed by atoms with Crippen LogP contribution in [0.2, 0.25) is 0 Å². The summed E-state index contributed by atoms with van der Waals surface area (Å²) in [5.41, 5.74) is 3.34. The van der Waals surface area contributed by atoms with Gasteiger partial charge in [-0.15, -0.1) is 5.10 Å². The van der Waals surface area contributed by atoms with Gasteiger partial charge in [-0.25, -0.2) is 9.67 Å². The van der Waals surface area contributed by atoms with Crippen LogP contribution in [0.1, 0.15) is 49.0 Å². The molecule has 0 atom stereocenters. The van der Waals surface area contributed by atoms with E-state index in [0.717, 1.165) is 60.2 Å². The fraction of sp³-hybridized carbons (Fsp3) is 0.433. The van der Waals surface area contributed by atoms with E-state index >= 15 is 0 Å². The molecule has 1 N–H and O–H groups in total. The van der Waals surface area contributed by atoms with Gasteiger partial charge in [0, 0.05) is 67.6 Å². The van der Waals surface area contributed by atoms with Crippen LogP contribution in [0.4, 0.5) is 5.82 Å². The smallest absolute Gasteiger partial charge is 0.266 e. The van der Waals surface area contributed by atoms with Gasteiger partial charge in [0.05, 0.1) is 24.8 Å². The molecule has 1 amide bonds. The van der Waals surface area contributed by atoms with E-state index in [2.05, 4.69) is 33.1 Å². The number of pyridine rings is 1. The maximum atomic E-state index is 12.9. The molecule has 6 rings (SSSR count). The van der Waals surface area contributed by atoms with E-state index in [1.807, 2.05) is 35.4 Å². The van der Waals surface area contributed by atoms with Crippen LogP contribution in [-0.4, -0.2) is 74.3 Å². The van der Waals surface area contributed by atoms with Crippen molar-refractivity contribution in [3.63, 3.8) is 0 Å². The molecule has 2 aliphatic rings. The number of hydrogen-bond donors (Lipinski definition) is 1. The van der Waals surface area contributed by atoms with Gasteiger partial charge in [-0.3, -0.25) is 14.3 Å². The summed E-state index contributed by atoms with van der Waals surface area (Å²) in [6, 6.07) is 13.1. The molecule has 11 heteroatoms. The maximum Gasteiger partial charge on any atom is 0.266 e. The Kier molecular flexibility index (Phi) is 7.69. The zero-order valence-electron chi connectivity index (χ0n) is 23.5. The Hall–Kier alpha value is -4.25. The van der Waals surface area contributed by atoms with Gasteiger partial charge in [0.1, 0.15) is 17.6 Å². The van der Waals surface area contributed by atoms with Gasteiger partial charge in [0.15, 0.2) is 0 Å². The monoisotopic (exact) mass is 557 g/mol. The number of aromatic nitrogens is 5. The van der Waals surface area contributed by atoms with Gasteiger partial charge in [0.25, 0.3) is 11.5 Å². The fourth-order valence-electron chi connectivity index (χ4n) is 5.64. The van der Waals surface area contributed by atoms with Crippen molar-refractivity contribution in [3.05, 3.63) is 64.6 Å². The summed E-state index contributed by atoms with van der Waals surface area (Å²) < 4.78 is 14.9. The molecule has 1 saturated heterocycles. The molecular formula is C30H35N7O4. The number of benzene rings is 1. The maximum absolute atomic E-state index is 12.9. The van der Waals surface area contributed by atoms with E-state index in [4.69, 9.17) is 14.6 Å². The number of rotatable bonds is 7. The standard InChI is InChI=1S/C30H35N7O4/c1-3-31-26-18-25-24(19-32-26)29(20-4-6-21(7-5-20)30(39)36-14-16-40-17-15-36)34-37(25)22-8-10-23(11-9-22)41-27-12-13-28(38)35(2)33-27/h4-7,12-13,18-19,22-23H,3,8-11,14-17H2,1-2H3,(H,31,32)/t22-,23+. The normalized spacial score (nSPS) is 19.3. The Morgan fingerprint density at radius 3 is 2.51 bits per heavy atom. The van der Waals surface area contributed by atoms with E-state index in [0.29, 0.717) is 37.7 Å². The lowest BCUT2D eigenvalue weighted by molar-refractivity contribution is 0.0303. The van der Waals surface area contributed by atoms with E-state index in [1.165, 1.54) is 10.7 Å². The van der Waals surface area contributed by atoms with Gasteiger partial charge < -0.3 is 19.7 Å². The third-order valence-electron chi connectivity index (χ3n) is 7.87. The Morgan fingerprint density at radius 2 is 1.80 bits per heavy atom. The van der Waals surface area contributed by atoms with E-state index in [-0.39, 0.29) is 23.6 Å². The number of ether oxygens (including phenoxy) is 2. The molecule has 41 heavy (non-hydrogen) atoms. The number of nitrogens with one attached hydrogen (secondary N) is 1. The van der Waals surface area contributed by atoms with E-state index < -0.39 is 0 Å². The Morgan fingerprint density at radius 1 is 1.05 bits per heavy atom. The first-order valence-electron chi connectivity index (χ1n) is 14.3. The van der Waals surface area contributed by atoms with Crippen molar-refractivity contribution in [2.24, 2.45) is 7.05 Å². The third-order valence-corrected chi connectivity index (χ3v) is 7.87. The molecule has 1 aliphatic heterocycles. The molecule has 11 nitrogen and oxygen atoms in total. The molecule has 4 aromatic rings. The predicted octanol–water partition coefficient (Wildman–Crippen LogP) is 3.66. The summed E-state index contributed by atoms with van der Waals surface area (Å²) in [5, 5.41) is 13.6. The van der Waals surface area contributed by atoms with Gasteiger partial charge in [0.2, 0.25) is 5.88 Å². The number of amides is 1.